The second kappa shape index (κ2) is 12.8. The maximum absolute atomic E-state index is 6.35. The number of rotatable bonds is 12. The maximum Gasteiger partial charge on any atom is 0.163 e. The zero-order valence-corrected chi connectivity index (χ0v) is 22.2. The van der Waals surface area contributed by atoms with E-state index < -0.39 is 5.79 Å². The van der Waals surface area contributed by atoms with E-state index in [1.807, 2.05) is 62.6 Å². The molecule has 0 aliphatic carbocycles. The van der Waals surface area contributed by atoms with E-state index >= 15 is 0 Å². The molecule has 2 saturated heterocycles. The van der Waals surface area contributed by atoms with Gasteiger partial charge in [0.05, 0.1) is 24.0 Å². The Bertz CT molecular complexity index is 951. The van der Waals surface area contributed by atoms with Crippen LogP contribution < -0.4 is 11.6 Å². The van der Waals surface area contributed by atoms with Crippen molar-refractivity contribution < 1.29 is 14.2 Å². The maximum atomic E-state index is 6.35. The van der Waals surface area contributed by atoms with Crippen molar-refractivity contribution in [3.05, 3.63) is 72.1 Å². The molecule has 2 aromatic heterocycles. The first-order valence-corrected chi connectivity index (χ1v) is 12.9. The van der Waals surface area contributed by atoms with Gasteiger partial charge in [0.15, 0.2) is 5.79 Å². The number of nitrogens with two attached hydrogens (primary N) is 2. The predicted molar refractivity (Wildman–Crippen MR) is 141 cm³/mol. The van der Waals surface area contributed by atoms with Gasteiger partial charge in [0.2, 0.25) is 0 Å². The van der Waals surface area contributed by atoms with Gasteiger partial charge in [-0.3, -0.25) is 19.8 Å². The third-order valence-electron chi connectivity index (χ3n) is 6.52. The summed E-state index contributed by atoms with van der Waals surface area (Å²) < 4.78 is 18.0. The highest BCUT2D eigenvalue weighted by Gasteiger charge is 2.47. The van der Waals surface area contributed by atoms with Gasteiger partial charge in [-0.25, -0.2) is 5.84 Å². The largest absolute Gasteiger partial charge is 0.400 e. The van der Waals surface area contributed by atoms with Gasteiger partial charge in [-0.05, 0) is 51.6 Å². The minimum atomic E-state index is -0.598. The van der Waals surface area contributed by atoms with Crippen LogP contribution in [-0.4, -0.2) is 88.7 Å². The molecule has 0 amide bonds. The summed E-state index contributed by atoms with van der Waals surface area (Å²) in [5, 5.41) is 1.60. The first-order chi connectivity index (χ1) is 17.8. The first kappa shape index (κ1) is 27.4. The molecule has 0 saturated carbocycles. The van der Waals surface area contributed by atoms with Crippen LogP contribution in [0, 0.1) is 0 Å². The Labute approximate surface area is 220 Å². The van der Waals surface area contributed by atoms with E-state index in [1.54, 1.807) is 11.2 Å². The van der Waals surface area contributed by atoms with Gasteiger partial charge in [-0.1, -0.05) is 12.1 Å². The Morgan fingerprint density at radius 3 is 2.35 bits per heavy atom. The molecule has 2 aliphatic rings. The second-order valence-corrected chi connectivity index (χ2v) is 10.3. The van der Waals surface area contributed by atoms with Crippen molar-refractivity contribution in [2.24, 2.45) is 11.6 Å². The Balaban J connectivity index is 1.27. The number of fused-ring (bicyclic) bond motifs is 1. The molecule has 37 heavy (non-hydrogen) atoms. The third kappa shape index (κ3) is 8.46. The minimum absolute atomic E-state index is 0.0368. The summed E-state index contributed by atoms with van der Waals surface area (Å²) in [6.07, 6.45) is 6.01. The van der Waals surface area contributed by atoms with Crippen molar-refractivity contribution in [2.75, 3.05) is 39.8 Å². The molecule has 2 aliphatic heterocycles. The molecule has 0 aromatic carbocycles. The van der Waals surface area contributed by atoms with Crippen LogP contribution in [0.5, 0.6) is 0 Å². The quantitative estimate of drug-likeness (QED) is 0.322. The van der Waals surface area contributed by atoms with Crippen LogP contribution in [-0.2, 0) is 27.3 Å². The van der Waals surface area contributed by atoms with Crippen LogP contribution in [0.3, 0.4) is 0 Å². The van der Waals surface area contributed by atoms with Crippen LogP contribution in [0.1, 0.15) is 31.7 Å². The van der Waals surface area contributed by atoms with Crippen molar-refractivity contribution in [3.63, 3.8) is 0 Å². The Morgan fingerprint density at radius 2 is 1.73 bits per heavy atom. The number of pyridine rings is 2. The van der Waals surface area contributed by atoms with E-state index in [-0.39, 0.29) is 18.3 Å². The molecule has 3 atom stereocenters. The van der Waals surface area contributed by atoms with Crippen molar-refractivity contribution >= 4 is 0 Å². The van der Waals surface area contributed by atoms with Crippen molar-refractivity contribution in [2.45, 2.75) is 57.5 Å². The summed E-state index contributed by atoms with van der Waals surface area (Å²) >= 11 is 0. The summed E-state index contributed by atoms with van der Waals surface area (Å²) in [7, 11) is 2.06. The molecule has 202 valence electrons. The van der Waals surface area contributed by atoms with E-state index in [2.05, 4.69) is 26.8 Å². The van der Waals surface area contributed by atoms with E-state index in [0.29, 0.717) is 25.4 Å². The molecule has 4 N–H and O–H groups in total. The number of nitrogens with zero attached hydrogens (tertiary/aromatic N) is 5. The fourth-order valence-electron chi connectivity index (χ4n) is 4.86. The average molecular weight is 512 g/mol. The first-order valence-electron chi connectivity index (χ1n) is 12.9. The summed E-state index contributed by atoms with van der Waals surface area (Å²) in [6, 6.07) is 12.0. The van der Waals surface area contributed by atoms with Gasteiger partial charge >= 0.3 is 0 Å². The van der Waals surface area contributed by atoms with Crippen LogP contribution in [0.15, 0.2) is 60.7 Å². The normalized spacial score (nSPS) is 23.4. The summed E-state index contributed by atoms with van der Waals surface area (Å²) in [4.78, 5) is 13.5. The monoisotopic (exact) mass is 511 g/mol. The lowest BCUT2D eigenvalue weighted by molar-refractivity contribution is -0.154. The van der Waals surface area contributed by atoms with E-state index in [1.165, 1.54) is 0 Å². The van der Waals surface area contributed by atoms with E-state index in [9.17, 15) is 0 Å². The van der Waals surface area contributed by atoms with Gasteiger partial charge in [-0.2, -0.15) is 0 Å². The molecule has 10 nitrogen and oxygen atoms in total. The molecule has 4 rings (SSSR count). The Kier molecular flexibility index (Phi) is 9.47. The van der Waals surface area contributed by atoms with Crippen LogP contribution in [0.2, 0.25) is 0 Å². The van der Waals surface area contributed by atoms with Crippen molar-refractivity contribution in [3.8, 4) is 0 Å². The molecule has 3 unspecified atom stereocenters. The van der Waals surface area contributed by atoms with E-state index in [0.717, 1.165) is 44.0 Å². The number of likely N-dealkylation sites (N-methyl/N-ethyl adjacent to an activating group) is 1. The molecule has 2 aromatic rings. The SMILES string of the molecule is CN(CCN(Cc1ccccn1)Cc1ccccn1)C/C(N)=C/N(N)CC1OCCC2OC(C)(C)OC12. The molecule has 2 fully saturated rings. The van der Waals surface area contributed by atoms with Gasteiger partial charge in [0.25, 0.3) is 0 Å². The highest BCUT2D eigenvalue weighted by molar-refractivity contribution is 5.06. The Hall–Kier alpha value is -2.60. The van der Waals surface area contributed by atoms with Gasteiger partial charge in [0, 0.05) is 63.6 Å². The summed E-state index contributed by atoms with van der Waals surface area (Å²) in [5.41, 5.74) is 9.10. The van der Waals surface area contributed by atoms with Gasteiger partial charge in [0.1, 0.15) is 12.2 Å². The number of hydrazine groups is 1. The lowest BCUT2D eigenvalue weighted by atomic mass is 10.0. The topological polar surface area (TPSA) is 115 Å². The molecule has 0 bridgehead atoms. The molecule has 0 spiro atoms. The molecular weight excluding hydrogens is 470 g/mol. The number of hydrogen-bond acceptors (Lipinski definition) is 10. The second-order valence-electron chi connectivity index (χ2n) is 10.3. The Morgan fingerprint density at radius 1 is 1.05 bits per heavy atom. The minimum Gasteiger partial charge on any atom is -0.400 e. The van der Waals surface area contributed by atoms with Gasteiger partial charge in [-0.15, -0.1) is 0 Å². The van der Waals surface area contributed by atoms with E-state index in [4.69, 9.17) is 25.8 Å². The lowest BCUT2D eigenvalue weighted by Crippen LogP contribution is -2.49. The van der Waals surface area contributed by atoms with Gasteiger partial charge < -0.3 is 25.0 Å². The zero-order chi connectivity index (χ0) is 26.3. The fourth-order valence-corrected chi connectivity index (χ4v) is 4.86. The lowest BCUT2D eigenvalue weighted by Gasteiger charge is -2.33. The number of aromatic nitrogens is 2. The summed E-state index contributed by atoms with van der Waals surface area (Å²) in [5.74, 6) is 5.69. The predicted octanol–water partition coefficient (Wildman–Crippen LogP) is 1.70. The van der Waals surface area contributed by atoms with Crippen molar-refractivity contribution in [1.29, 1.82) is 0 Å². The smallest absolute Gasteiger partial charge is 0.163 e. The number of hydrogen-bond donors (Lipinski definition) is 2. The molecule has 4 heterocycles. The highest BCUT2D eigenvalue weighted by atomic mass is 16.8. The average Bonchev–Trinajstić information content (AvgIpc) is 3.18. The molecule has 10 heteroatoms. The highest BCUT2D eigenvalue weighted by Crippen LogP contribution is 2.35. The molecule has 0 radical (unpaired) electrons. The van der Waals surface area contributed by atoms with Crippen LogP contribution >= 0.6 is 0 Å². The summed E-state index contributed by atoms with van der Waals surface area (Å²) in [6.45, 7) is 8.75. The fraction of sp³-hybridized carbons (Fsp3) is 0.556. The standard InChI is InChI=1S/C27H41N7O3/c1-27(2)36-24-10-15-35-25(26(24)37-27)20-34(29)17-21(28)16-32(3)13-14-33(18-22-8-4-6-11-30-22)19-23-9-5-7-12-31-23/h4-9,11-12,17,24-26H,10,13-16,18-20,28-29H2,1-3H3/b21-17-. The number of ether oxygens (including phenoxy) is 3. The third-order valence-corrected chi connectivity index (χ3v) is 6.52. The van der Waals surface area contributed by atoms with Crippen LogP contribution in [0.4, 0.5) is 0 Å². The van der Waals surface area contributed by atoms with Crippen molar-refractivity contribution in [1.82, 2.24) is 24.8 Å². The zero-order valence-electron chi connectivity index (χ0n) is 22.2. The van der Waals surface area contributed by atoms with Crippen LogP contribution in [0.25, 0.3) is 0 Å². The molecular formula is C27H41N7O3.